The number of para-hydroxylation sites is 1. The second kappa shape index (κ2) is 6.83. The predicted molar refractivity (Wildman–Crippen MR) is 88.5 cm³/mol. The second-order valence-electron chi connectivity index (χ2n) is 5.41. The van der Waals surface area contributed by atoms with Gasteiger partial charge in [0.15, 0.2) is 6.61 Å². The first-order chi connectivity index (χ1) is 11.2. The highest BCUT2D eigenvalue weighted by atomic mass is 32.1. The molecule has 2 N–H and O–H groups in total. The first-order valence-electron chi connectivity index (χ1n) is 7.51. The molecule has 1 atom stereocenters. The van der Waals surface area contributed by atoms with Crippen molar-refractivity contribution in [2.45, 2.75) is 18.9 Å². The highest BCUT2D eigenvalue weighted by Crippen LogP contribution is 2.34. The van der Waals surface area contributed by atoms with E-state index in [1.165, 1.54) is 4.88 Å². The van der Waals surface area contributed by atoms with Gasteiger partial charge in [-0.25, -0.2) is 0 Å². The van der Waals surface area contributed by atoms with Crippen LogP contribution in [0.5, 0.6) is 5.75 Å². The van der Waals surface area contributed by atoms with E-state index in [1.54, 1.807) is 35.6 Å². The Hall–Kier alpha value is -2.34. The van der Waals surface area contributed by atoms with Crippen LogP contribution in [0.2, 0.25) is 0 Å². The van der Waals surface area contributed by atoms with Crippen molar-refractivity contribution in [3.63, 3.8) is 0 Å². The molecule has 1 saturated heterocycles. The number of hydrogen-bond donors (Lipinski definition) is 1. The monoisotopic (exact) mass is 330 g/mol. The van der Waals surface area contributed by atoms with E-state index in [-0.39, 0.29) is 24.1 Å². The summed E-state index contributed by atoms with van der Waals surface area (Å²) in [6.07, 6.45) is 1.97. The molecule has 0 aliphatic carbocycles. The third-order valence-electron chi connectivity index (χ3n) is 3.95. The van der Waals surface area contributed by atoms with Crippen molar-refractivity contribution in [1.29, 1.82) is 0 Å². The van der Waals surface area contributed by atoms with E-state index in [0.29, 0.717) is 5.75 Å². The normalized spacial score (nSPS) is 17.2. The summed E-state index contributed by atoms with van der Waals surface area (Å²) in [4.78, 5) is 26.9. The zero-order chi connectivity index (χ0) is 16.2. The van der Waals surface area contributed by atoms with Crippen LogP contribution >= 0.6 is 11.3 Å². The molecule has 1 aliphatic heterocycles. The number of rotatable bonds is 5. The van der Waals surface area contributed by atoms with Crippen molar-refractivity contribution in [3.8, 4) is 5.75 Å². The minimum atomic E-state index is -0.564. The van der Waals surface area contributed by atoms with Crippen LogP contribution in [0.4, 0.5) is 0 Å². The zero-order valence-electron chi connectivity index (χ0n) is 12.6. The van der Waals surface area contributed by atoms with Crippen molar-refractivity contribution in [2.24, 2.45) is 5.73 Å². The van der Waals surface area contributed by atoms with Crippen molar-refractivity contribution >= 4 is 23.2 Å². The maximum absolute atomic E-state index is 12.5. The van der Waals surface area contributed by atoms with Gasteiger partial charge in [0, 0.05) is 11.4 Å². The fourth-order valence-electron chi connectivity index (χ4n) is 2.86. The highest BCUT2D eigenvalue weighted by Gasteiger charge is 2.30. The molecule has 0 radical (unpaired) electrons. The lowest BCUT2D eigenvalue weighted by molar-refractivity contribution is -0.134. The number of thiophene rings is 1. The maximum Gasteiger partial charge on any atom is 0.261 e. The van der Waals surface area contributed by atoms with Gasteiger partial charge >= 0.3 is 0 Å². The molecule has 2 heterocycles. The number of likely N-dealkylation sites (tertiary alicyclic amines) is 1. The number of amides is 2. The molecule has 23 heavy (non-hydrogen) atoms. The Balaban J connectivity index is 1.67. The van der Waals surface area contributed by atoms with Gasteiger partial charge in [0.25, 0.3) is 11.8 Å². The lowest BCUT2D eigenvalue weighted by atomic mass is 10.2. The van der Waals surface area contributed by atoms with E-state index in [0.717, 1.165) is 19.4 Å². The van der Waals surface area contributed by atoms with Crippen molar-refractivity contribution in [3.05, 3.63) is 52.2 Å². The number of nitrogens with two attached hydrogens (primary N) is 1. The molecular formula is C17H18N2O3S. The predicted octanol–water partition coefficient (Wildman–Crippen LogP) is 2.59. The Bertz CT molecular complexity index is 700. The standard InChI is InChI=1S/C17H18N2O3S/c18-17(21)12-5-1-2-7-14(12)22-11-16(20)19-9-3-6-13(19)15-8-4-10-23-15/h1-2,4-5,7-8,10,13H,3,6,9,11H2,(H2,18,21)/t13-/m1/s1. The van der Waals surface area contributed by atoms with E-state index < -0.39 is 5.91 Å². The SMILES string of the molecule is NC(=O)c1ccccc1OCC(=O)N1CCC[C@@H]1c1cccs1. The average molecular weight is 330 g/mol. The molecule has 1 fully saturated rings. The van der Waals surface area contributed by atoms with Crippen LogP contribution in [0.1, 0.15) is 34.1 Å². The summed E-state index contributed by atoms with van der Waals surface area (Å²) in [7, 11) is 0. The Kier molecular flexibility index (Phi) is 4.62. The van der Waals surface area contributed by atoms with Gasteiger partial charge in [0.1, 0.15) is 5.75 Å². The molecular weight excluding hydrogens is 312 g/mol. The number of benzene rings is 1. The third kappa shape index (κ3) is 3.37. The number of hydrogen-bond acceptors (Lipinski definition) is 4. The number of carbonyl (C=O) groups excluding carboxylic acids is 2. The summed E-state index contributed by atoms with van der Waals surface area (Å²) in [5.74, 6) is -0.286. The van der Waals surface area contributed by atoms with Crippen LogP contribution in [-0.4, -0.2) is 29.9 Å². The largest absolute Gasteiger partial charge is 0.483 e. The number of nitrogens with zero attached hydrogens (tertiary/aromatic N) is 1. The summed E-state index contributed by atoms with van der Waals surface area (Å²) in [5, 5.41) is 2.02. The molecule has 5 nitrogen and oxygen atoms in total. The molecule has 2 aromatic rings. The first-order valence-corrected chi connectivity index (χ1v) is 8.39. The van der Waals surface area contributed by atoms with Gasteiger partial charge in [0.05, 0.1) is 11.6 Å². The Labute approximate surface area is 138 Å². The van der Waals surface area contributed by atoms with Gasteiger partial charge in [-0.05, 0) is 36.4 Å². The van der Waals surface area contributed by atoms with E-state index in [9.17, 15) is 9.59 Å². The topological polar surface area (TPSA) is 72.6 Å². The number of carbonyl (C=O) groups is 2. The van der Waals surface area contributed by atoms with Crippen LogP contribution in [0.15, 0.2) is 41.8 Å². The molecule has 120 valence electrons. The summed E-state index contributed by atoms with van der Waals surface area (Å²) in [5.41, 5.74) is 5.60. The molecule has 2 amide bonds. The fourth-order valence-corrected chi connectivity index (χ4v) is 3.73. The smallest absolute Gasteiger partial charge is 0.261 e. The fraction of sp³-hybridized carbons (Fsp3) is 0.294. The van der Waals surface area contributed by atoms with Gasteiger partial charge in [-0.1, -0.05) is 18.2 Å². The summed E-state index contributed by atoms with van der Waals surface area (Å²) >= 11 is 1.67. The molecule has 0 bridgehead atoms. The molecule has 0 saturated carbocycles. The molecule has 1 aromatic heterocycles. The molecule has 6 heteroatoms. The summed E-state index contributed by atoms with van der Waals surface area (Å²) in [6, 6.07) is 10.9. The minimum Gasteiger partial charge on any atom is -0.483 e. The Morgan fingerprint density at radius 3 is 2.83 bits per heavy atom. The van der Waals surface area contributed by atoms with Crippen LogP contribution in [0.3, 0.4) is 0 Å². The van der Waals surface area contributed by atoms with Crippen LogP contribution in [0.25, 0.3) is 0 Å². The van der Waals surface area contributed by atoms with Gasteiger partial charge in [0.2, 0.25) is 0 Å². The van der Waals surface area contributed by atoms with Crippen LogP contribution in [0, 0.1) is 0 Å². The van der Waals surface area contributed by atoms with Crippen molar-refractivity contribution < 1.29 is 14.3 Å². The number of ether oxygens (including phenoxy) is 1. The van der Waals surface area contributed by atoms with Gasteiger partial charge in [-0.3, -0.25) is 9.59 Å². The van der Waals surface area contributed by atoms with E-state index in [4.69, 9.17) is 10.5 Å². The first kappa shape index (κ1) is 15.6. The Morgan fingerprint density at radius 1 is 1.26 bits per heavy atom. The quantitative estimate of drug-likeness (QED) is 0.916. The lowest BCUT2D eigenvalue weighted by Crippen LogP contribution is -2.34. The second-order valence-corrected chi connectivity index (χ2v) is 6.39. The average Bonchev–Trinajstić information content (AvgIpc) is 3.23. The summed E-state index contributed by atoms with van der Waals surface area (Å²) < 4.78 is 5.55. The van der Waals surface area contributed by atoms with Gasteiger partial charge < -0.3 is 15.4 Å². The zero-order valence-corrected chi connectivity index (χ0v) is 13.4. The summed E-state index contributed by atoms with van der Waals surface area (Å²) in [6.45, 7) is 0.647. The number of primary amides is 1. The molecule has 0 spiro atoms. The van der Waals surface area contributed by atoms with Gasteiger partial charge in [-0.2, -0.15) is 0 Å². The molecule has 1 aromatic carbocycles. The maximum atomic E-state index is 12.5. The Morgan fingerprint density at radius 2 is 2.09 bits per heavy atom. The van der Waals surface area contributed by atoms with E-state index in [1.807, 2.05) is 16.3 Å². The lowest BCUT2D eigenvalue weighted by Gasteiger charge is -2.24. The van der Waals surface area contributed by atoms with E-state index in [2.05, 4.69) is 6.07 Å². The molecule has 3 rings (SSSR count). The third-order valence-corrected chi connectivity index (χ3v) is 4.92. The minimum absolute atomic E-state index is 0.0693. The van der Waals surface area contributed by atoms with Crippen LogP contribution < -0.4 is 10.5 Å². The van der Waals surface area contributed by atoms with Crippen molar-refractivity contribution in [1.82, 2.24) is 4.90 Å². The van der Waals surface area contributed by atoms with Crippen LogP contribution in [-0.2, 0) is 4.79 Å². The van der Waals surface area contributed by atoms with Gasteiger partial charge in [-0.15, -0.1) is 11.3 Å². The van der Waals surface area contributed by atoms with Crippen molar-refractivity contribution in [2.75, 3.05) is 13.2 Å². The molecule has 1 aliphatic rings. The van der Waals surface area contributed by atoms with E-state index >= 15 is 0 Å². The highest BCUT2D eigenvalue weighted by molar-refractivity contribution is 7.10. The molecule has 0 unspecified atom stereocenters.